The molecule has 1 unspecified atom stereocenters. The van der Waals surface area contributed by atoms with Gasteiger partial charge in [0.2, 0.25) is 5.91 Å². The number of anilines is 1. The highest BCUT2D eigenvalue weighted by atomic mass is 32.1. The van der Waals surface area contributed by atoms with Gasteiger partial charge in [-0.2, -0.15) is 0 Å². The molecule has 0 aliphatic rings. The maximum atomic E-state index is 13.5. The lowest BCUT2D eigenvalue weighted by Crippen LogP contribution is -2.49. The van der Waals surface area contributed by atoms with Crippen LogP contribution in [0.4, 0.5) is 5.69 Å². The molecule has 7 nitrogen and oxygen atoms in total. The third-order valence-electron chi connectivity index (χ3n) is 4.40. The van der Waals surface area contributed by atoms with E-state index < -0.39 is 17.5 Å². The van der Waals surface area contributed by atoms with Gasteiger partial charge >= 0.3 is 0 Å². The number of hydrogen-bond donors (Lipinski definition) is 1. The number of hydrogen-bond acceptors (Lipinski definition) is 6. The Hall–Kier alpha value is -3.13. The first-order valence-electron chi connectivity index (χ1n) is 9.71. The Morgan fingerprint density at radius 1 is 1.20 bits per heavy atom. The van der Waals surface area contributed by atoms with Crippen molar-refractivity contribution in [3.8, 4) is 0 Å². The molecule has 3 aromatic rings. The van der Waals surface area contributed by atoms with Crippen LogP contribution in [-0.2, 0) is 11.2 Å². The maximum absolute atomic E-state index is 13.5. The standard InChI is InChI=1S/C22H25N5O2S/c1-5-15-8-6-10-17(12-15)27(21(29)18-14-30-26-25-18)19(16-9-7-11-23-13-16)20(28)24-22(2,3)4/h6-14,19H,5H2,1-4H3,(H,24,28). The predicted octanol–water partition coefficient (Wildman–Crippen LogP) is 3.80. The van der Waals surface area contributed by atoms with Crippen LogP contribution >= 0.6 is 11.5 Å². The molecule has 156 valence electrons. The molecular formula is C22H25N5O2S. The number of rotatable bonds is 6. The largest absolute Gasteiger partial charge is 0.349 e. The van der Waals surface area contributed by atoms with E-state index in [-0.39, 0.29) is 11.6 Å². The summed E-state index contributed by atoms with van der Waals surface area (Å²) in [5, 5.41) is 8.53. The number of amides is 2. The summed E-state index contributed by atoms with van der Waals surface area (Å²) in [6.07, 6.45) is 4.05. The zero-order valence-electron chi connectivity index (χ0n) is 17.5. The van der Waals surface area contributed by atoms with Gasteiger partial charge in [-0.1, -0.05) is 29.6 Å². The lowest BCUT2D eigenvalue weighted by molar-refractivity contribution is -0.123. The molecule has 1 aromatic carbocycles. The molecule has 0 saturated carbocycles. The van der Waals surface area contributed by atoms with Crippen LogP contribution < -0.4 is 10.2 Å². The van der Waals surface area contributed by atoms with Crippen LogP contribution in [0.1, 0.15) is 55.4 Å². The molecule has 3 rings (SSSR count). The van der Waals surface area contributed by atoms with Gasteiger partial charge in [0, 0.05) is 34.6 Å². The monoisotopic (exact) mass is 423 g/mol. The predicted molar refractivity (Wildman–Crippen MR) is 117 cm³/mol. The minimum atomic E-state index is -0.917. The summed E-state index contributed by atoms with van der Waals surface area (Å²) in [7, 11) is 0. The fraction of sp³-hybridized carbons (Fsp3) is 0.318. The molecular weight excluding hydrogens is 398 g/mol. The summed E-state index contributed by atoms with van der Waals surface area (Å²) >= 11 is 1.09. The molecule has 0 aliphatic carbocycles. The van der Waals surface area contributed by atoms with Crippen molar-refractivity contribution in [2.24, 2.45) is 0 Å². The summed E-state index contributed by atoms with van der Waals surface area (Å²) in [6.45, 7) is 7.75. The third-order valence-corrected chi connectivity index (χ3v) is 4.90. The van der Waals surface area contributed by atoms with Crippen LogP contribution in [0.25, 0.3) is 0 Å². The van der Waals surface area contributed by atoms with Crippen molar-refractivity contribution in [3.63, 3.8) is 0 Å². The summed E-state index contributed by atoms with van der Waals surface area (Å²) < 4.78 is 3.82. The van der Waals surface area contributed by atoms with Crippen molar-refractivity contribution in [2.75, 3.05) is 4.90 Å². The van der Waals surface area contributed by atoms with Gasteiger partial charge in [-0.05, 0) is 62.5 Å². The minimum Gasteiger partial charge on any atom is -0.349 e. The van der Waals surface area contributed by atoms with E-state index >= 15 is 0 Å². The van der Waals surface area contributed by atoms with E-state index in [1.165, 1.54) is 4.90 Å². The molecule has 2 aromatic heterocycles. The van der Waals surface area contributed by atoms with Crippen molar-refractivity contribution in [2.45, 2.75) is 45.7 Å². The Bertz CT molecular complexity index is 1000. The van der Waals surface area contributed by atoms with Gasteiger partial charge in [-0.15, -0.1) is 5.10 Å². The number of nitrogens with one attached hydrogen (secondary N) is 1. The van der Waals surface area contributed by atoms with Gasteiger partial charge in [0.1, 0.15) is 6.04 Å². The molecule has 0 bridgehead atoms. The van der Waals surface area contributed by atoms with E-state index in [0.29, 0.717) is 11.3 Å². The Balaban J connectivity index is 2.17. The van der Waals surface area contributed by atoms with Crippen molar-refractivity contribution in [1.29, 1.82) is 0 Å². The fourth-order valence-electron chi connectivity index (χ4n) is 3.08. The molecule has 0 fully saturated rings. The minimum absolute atomic E-state index is 0.194. The van der Waals surface area contributed by atoms with E-state index in [1.807, 2.05) is 52.0 Å². The Labute approximate surface area is 180 Å². The van der Waals surface area contributed by atoms with Crippen LogP contribution in [-0.4, -0.2) is 31.9 Å². The first kappa shape index (κ1) is 21.6. The molecule has 0 saturated heterocycles. The molecule has 1 N–H and O–H groups in total. The number of carbonyl (C=O) groups is 2. The van der Waals surface area contributed by atoms with Gasteiger partial charge < -0.3 is 5.32 Å². The summed E-state index contributed by atoms with van der Waals surface area (Å²) in [5.41, 5.74) is 2.00. The average molecular weight is 424 g/mol. The number of nitrogens with zero attached hydrogens (tertiary/aromatic N) is 4. The normalized spacial score (nSPS) is 12.3. The van der Waals surface area contributed by atoms with Crippen LogP contribution in [0.3, 0.4) is 0 Å². The van der Waals surface area contributed by atoms with E-state index in [4.69, 9.17) is 0 Å². The second kappa shape index (κ2) is 9.13. The Kier molecular flexibility index (Phi) is 6.56. The second-order valence-electron chi connectivity index (χ2n) is 7.92. The van der Waals surface area contributed by atoms with Crippen LogP contribution in [0.15, 0.2) is 54.2 Å². The van der Waals surface area contributed by atoms with E-state index in [1.54, 1.807) is 29.9 Å². The molecule has 8 heteroatoms. The number of aromatic nitrogens is 3. The van der Waals surface area contributed by atoms with E-state index in [2.05, 4.69) is 19.9 Å². The molecule has 2 amide bonds. The summed E-state index contributed by atoms with van der Waals surface area (Å²) in [6, 6.07) is 10.3. The quantitative estimate of drug-likeness (QED) is 0.652. The first-order valence-corrected chi connectivity index (χ1v) is 10.6. The third kappa shape index (κ3) is 5.07. The van der Waals surface area contributed by atoms with E-state index in [0.717, 1.165) is 23.5 Å². The molecule has 1 atom stereocenters. The molecule has 0 spiro atoms. The lowest BCUT2D eigenvalue weighted by atomic mass is 10.0. The van der Waals surface area contributed by atoms with Crippen molar-refractivity contribution >= 4 is 29.0 Å². The van der Waals surface area contributed by atoms with E-state index in [9.17, 15) is 9.59 Å². The Morgan fingerprint density at radius 3 is 2.60 bits per heavy atom. The molecule has 0 radical (unpaired) electrons. The van der Waals surface area contributed by atoms with Gasteiger partial charge in [-0.3, -0.25) is 19.5 Å². The SMILES string of the molecule is CCc1cccc(N(C(=O)c2csnn2)C(C(=O)NC(C)(C)C)c2cccnc2)c1. The topological polar surface area (TPSA) is 88.1 Å². The molecule has 2 heterocycles. The lowest BCUT2D eigenvalue weighted by Gasteiger charge is -2.33. The highest BCUT2D eigenvalue weighted by Crippen LogP contribution is 2.30. The highest BCUT2D eigenvalue weighted by Gasteiger charge is 2.36. The van der Waals surface area contributed by atoms with Gasteiger partial charge in [0.25, 0.3) is 5.91 Å². The smallest absolute Gasteiger partial charge is 0.280 e. The van der Waals surface area contributed by atoms with Gasteiger partial charge in [0.05, 0.1) is 0 Å². The zero-order chi connectivity index (χ0) is 21.7. The molecule has 30 heavy (non-hydrogen) atoms. The maximum Gasteiger partial charge on any atom is 0.280 e. The fourth-order valence-corrected chi connectivity index (χ4v) is 3.51. The Morgan fingerprint density at radius 2 is 2.00 bits per heavy atom. The van der Waals surface area contributed by atoms with Crippen LogP contribution in [0, 0.1) is 0 Å². The average Bonchev–Trinajstić information content (AvgIpc) is 3.25. The zero-order valence-corrected chi connectivity index (χ0v) is 18.3. The van der Waals surface area contributed by atoms with Crippen molar-refractivity contribution < 1.29 is 9.59 Å². The van der Waals surface area contributed by atoms with Crippen LogP contribution in [0.5, 0.6) is 0 Å². The second-order valence-corrected chi connectivity index (χ2v) is 8.53. The summed E-state index contributed by atoms with van der Waals surface area (Å²) in [5.74, 6) is -0.691. The number of carbonyl (C=O) groups excluding carboxylic acids is 2. The number of benzene rings is 1. The van der Waals surface area contributed by atoms with Crippen LogP contribution in [0.2, 0.25) is 0 Å². The van der Waals surface area contributed by atoms with Gasteiger partial charge in [-0.25, -0.2) is 0 Å². The summed E-state index contributed by atoms with van der Waals surface area (Å²) in [4.78, 5) is 32.6. The van der Waals surface area contributed by atoms with Crippen molar-refractivity contribution in [3.05, 3.63) is 71.0 Å². The number of aryl methyl sites for hydroxylation is 1. The highest BCUT2D eigenvalue weighted by molar-refractivity contribution is 7.03. The number of pyridine rings is 1. The van der Waals surface area contributed by atoms with Crippen molar-refractivity contribution in [1.82, 2.24) is 19.9 Å². The first-order chi connectivity index (χ1) is 14.3. The van der Waals surface area contributed by atoms with Gasteiger partial charge in [0.15, 0.2) is 5.69 Å². The molecule has 0 aliphatic heterocycles.